The quantitative estimate of drug-likeness (QED) is 0.793. The topological polar surface area (TPSA) is 58.8 Å². The van der Waals surface area contributed by atoms with Crippen LogP contribution in [0, 0.1) is 17.1 Å². The van der Waals surface area contributed by atoms with E-state index < -0.39 is 34.7 Å². The fourth-order valence-electron chi connectivity index (χ4n) is 1.44. The van der Waals surface area contributed by atoms with Gasteiger partial charge < -0.3 is 4.74 Å². The normalized spacial score (nSPS) is 10.9. The minimum absolute atomic E-state index is 0.479. The number of nitriles is 1. The molecule has 0 bridgehead atoms. The molecule has 0 aromatic carbocycles. The highest BCUT2D eigenvalue weighted by Gasteiger charge is 2.38. The lowest BCUT2D eigenvalue weighted by Crippen LogP contribution is -2.11. The smallest absolute Gasteiger partial charge is 0.422 e. The zero-order chi connectivity index (χ0) is 14.8. The molecular weight excluding hydrogens is 278 g/mol. The Morgan fingerprint density at radius 3 is 2.50 bits per heavy atom. The van der Waals surface area contributed by atoms with Gasteiger partial charge in [0.2, 0.25) is 0 Å². The molecule has 0 N–H and O–H groups in total. The SMILES string of the molecule is N#Cc1nccc(Oc2cnccc2F)c1C(F)(F)F. The summed E-state index contributed by atoms with van der Waals surface area (Å²) in [5.41, 5.74) is -2.20. The summed E-state index contributed by atoms with van der Waals surface area (Å²) in [7, 11) is 0. The number of nitrogens with zero attached hydrogens (tertiary/aromatic N) is 3. The Labute approximate surface area is 110 Å². The number of ether oxygens (including phenoxy) is 1. The van der Waals surface area contributed by atoms with Gasteiger partial charge in [-0.3, -0.25) is 4.98 Å². The predicted octanol–water partition coefficient (Wildman–Crippen LogP) is 3.30. The summed E-state index contributed by atoms with van der Waals surface area (Å²) in [6, 6.07) is 3.16. The highest BCUT2D eigenvalue weighted by atomic mass is 19.4. The second-order valence-electron chi connectivity index (χ2n) is 3.55. The molecule has 0 saturated heterocycles. The molecule has 2 aromatic rings. The largest absolute Gasteiger partial charge is 0.452 e. The van der Waals surface area contributed by atoms with Gasteiger partial charge in [0.1, 0.15) is 17.4 Å². The van der Waals surface area contributed by atoms with Crippen LogP contribution in [0.5, 0.6) is 11.5 Å². The average molecular weight is 283 g/mol. The van der Waals surface area contributed by atoms with E-state index in [4.69, 9.17) is 10.00 Å². The lowest BCUT2D eigenvalue weighted by Gasteiger charge is -2.14. The van der Waals surface area contributed by atoms with E-state index in [1.165, 1.54) is 6.07 Å². The lowest BCUT2D eigenvalue weighted by atomic mass is 10.1. The first-order valence-corrected chi connectivity index (χ1v) is 5.17. The van der Waals surface area contributed by atoms with Crippen LogP contribution in [0.2, 0.25) is 0 Å². The Morgan fingerprint density at radius 1 is 1.15 bits per heavy atom. The summed E-state index contributed by atoms with van der Waals surface area (Å²) in [6.45, 7) is 0. The molecular formula is C12H5F4N3O. The van der Waals surface area contributed by atoms with E-state index in [0.717, 1.165) is 30.7 Å². The Bertz CT molecular complexity index is 679. The van der Waals surface area contributed by atoms with Crippen molar-refractivity contribution in [1.29, 1.82) is 5.26 Å². The van der Waals surface area contributed by atoms with Crippen molar-refractivity contribution in [1.82, 2.24) is 9.97 Å². The van der Waals surface area contributed by atoms with Crippen molar-refractivity contribution in [3.8, 4) is 17.6 Å². The summed E-state index contributed by atoms with van der Waals surface area (Å²) in [4.78, 5) is 6.87. The van der Waals surface area contributed by atoms with E-state index in [-0.39, 0.29) is 0 Å². The molecule has 20 heavy (non-hydrogen) atoms. The molecule has 0 amide bonds. The van der Waals surface area contributed by atoms with Crippen molar-refractivity contribution < 1.29 is 22.3 Å². The molecule has 0 radical (unpaired) electrons. The average Bonchev–Trinajstić information content (AvgIpc) is 2.40. The van der Waals surface area contributed by atoms with E-state index in [1.807, 2.05) is 0 Å². The van der Waals surface area contributed by atoms with Crippen molar-refractivity contribution in [2.45, 2.75) is 6.18 Å². The van der Waals surface area contributed by atoms with Gasteiger partial charge in [-0.25, -0.2) is 9.37 Å². The second-order valence-corrected chi connectivity index (χ2v) is 3.55. The monoisotopic (exact) mass is 283 g/mol. The van der Waals surface area contributed by atoms with E-state index in [2.05, 4.69) is 9.97 Å². The maximum Gasteiger partial charge on any atom is 0.422 e. The number of rotatable bonds is 2. The summed E-state index contributed by atoms with van der Waals surface area (Å²) in [5.74, 6) is -2.06. The van der Waals surface area contributed by atoms with Gasteiger partial charge >= 0.3 is 6.18 Å². The molecule has 0 aliphatic carbocycles. The lowest BCUT2D eigenvalue weighted by molar-refractivity contribution is -0.139. The van der Waals surface area contributed by atoms with Gasteiger partial charge in [-0.2, -0.15) is 18.4 Å². The van der Waals surface area contributed by atoms with Gasteiger partial charge in [0.25, 0.3) is 0 Å². The molecule has 0 unspecified atom stereocenters. The van der Waals surface area contributed by atoms with Crippen molar-refractivity contribution >= 4 is 0 Å². The van der Waals surface area contributed by atoms with Gasteiger partial charge in [-0.1, -0.05) is 0 Å². The zero-order valence-electron chi connectivity index (χ0n) is 9.65. The standard InChI is InChI=1S/C12H5F4N3O/c13-7-1-3-18-6-10(7)20-9-2-4-19-8(5-17)11(9)12(14,15)16/h1-4,6H. The van der Waals surface area contributed by atoms with Crippen LogP contribution in [-0.2, 0) is 6.18 Å². The molecule has 0 aliphatic heterocycles. The molecule has 0 spiro atoms. The Hall–Kier alpha value is -2.69. The van der Waals surface area contributed by atoms with Crippen LogP contribution >= 0.6 is 0 Å². The fraction of sp³-hybridized carbons (Fsp3) is 0.0833. The Morgan fingerprint density at radius 2 is 1.90 bits per heavy atom. The number of alkyl halides is 3. The summed E-state index contributed by atoms with van der Waals surface area (Å²) >= 11 is 0. The molecule has 4 nitrogen and oxygen atoms in total. The molecule has 8 heteroatoms. The van der Waals surface area contributed by atoms with E-state index in [0.29, 0.717) is 0 Å². The number of hydrogen-bond acceptors (Lipinski definition) is 4. The van der Waals surface area contributed by atoms with Crippen LogP contribution in [0.4, 0.5) is 17.6 Å². The van der Waals surface area contributed by atoms with Gasteiger partial charge in [-0.05, 0) is 12.1 Å². The first kappa shape index (κ1) is 13.7. The Kier molecular flexibility index (Phi) is 3.52. The van der Waals surface area contributed by atoms with Crippen LogP contribution in [0.1, 0.15) is 11.3 Å². The molecule has 0 atom stereocenters. The van der Waals surface area contributed by atoms with Crippen molar-refractivity contribution in [3.05, 3.63) is 47.8 Å². The molecule has 0 saturated carbocycles. The van der Waals surface area contributed by atoms with Gasteiger partial charge in [-0.15, -0.1) is 0 Å². The molecule has 2 rings (SSSR count). The van der Waals surface area contributed by atoms with Crippen LogP contribution < -0.4 is 4.74 Å². The summed E-state index contributed by atoms with van der Waals surface area (Å²) in [6.07, 6.45) is -1.83. The highest BCUT2D eigenvalue weighted by Crippen LogP contribution is 2.39. The number of hydrogen-bond donors (Lipinski definition) is 0. The predicted molar refractivity (Wildman–Crippen MR) is 58.2 cm³/mol. The first-order chi connectivity index (χ1) is 9.43. The fourth-order valence-corrected chi connectivity index (χ4v) is 1.44. The minimum atomic E-state index is -4.85. The second kappa shape index (κ2) is 5.13. The first-order valence-electron chi connectivity index (χ1n) is 5.17. The summed E-state index contributed by atoms with van der Waals surface area (Å²) < 4.78 is 57.0. The number of halogens is 4. The maximum absolute atomic E-state index is 13.4. The minimum Gasteiger partial charge on any atom is -0.452 e. The van der Waals surface area contributed by atoms with Crippen molar-refractivity contribution in [3.63, 3.8) is 0 Å². The van der Waals surface area contributed by atoms with Gasteiger partial charge in [0.15, 0.2) is 17.3 Å². The van der Waals surface area contributed by atoms with Crippen LogP contribution in [0.15, 0.2) is 30.7 Å². The molecule has 0 aliphatic rings. The number of aromatic nitrogens is 2. The molecule has 0 fully saturated rings. The van der Waals surface area contributed by atoms with Crippen molar-refractivity contribution in [2.75, 3.05) is 0 Å². The van der Waals surface area contributed by atoms with E-state index in [1.54, 1.807) is 0 Å². The third-order valence-corrected chi connectivity index (χ3v) is 2.26. The molecule has 2 heterocycles. The molecule has 102 valence electrons. The summed E-state index contributed by atoms with van der Waals surface area (Å²) in [5, 5.41) is 8.67. The van der Waals surface area contributed by atoms with Crippen LogP contribution in [-0.4, -0.2) is 9.97 Å². The maximum atomic E-state index is 13.4. The van der Waals surface area contributed by atoms with Crippen molar-refractivity contribution in [2.24, 2.45) is 0 Å². The van der Waals surface area contributed by atoms with Gasteiger partial charge in [0.05, 0.1) is 6.20 Å². The number of pyridine rings is 2. The highest BCUT2D eigenvalue weighted by molar-refractivity contribution is 5.45. The Balaban J connectivity index is 2.53. The zero-order valence-corrected chi connectivity index (χ0v) is 9.65. The van der Waals surface area contributed by atoms with E-state index >= 15 is 0 Å². The third-order valence-electron chi connectivity index (χ3n) is 2.26. The van der Waals surface area contributed by atoms with E-state index in [9.17, 15) is 17.6 Å². The molecule has 2 aromatic heterocycles. The van der Waals surface area contributed by atoms with Gasteiger partial charge in [0, 0.05) is 12.4 Å². The van der Waals surface area contributed by atoms with Crippen LogP contribution in [0.3, 0.4) is 0 Å². The van der Waals surface area contributed by atoms with Crippen LogP contribution in [0.25, 0.3) is 0 Å². The third kappa shape index (κ3) is 2.66.